The van der Waals surface area contributed by atoms with E-state index < -0.39 is 29.1 Å². The molecular weight excluding hydrogens is 479 g/mol. The molecule has 36 heavy (non-hydrogen) atoms. The molecule has 10 heteroatoms. The van der Waals surface area contributed by atoms with Crippen molar-refractivity contribution in [2.24, 2.45) is 0 Å². The molecule has 0 aliphatic carbocycles. The van der Waals surface area contributed by atoms with Crippen molar-refractivity contribution in [2.45, 2.75) is 45.3 Å². The zero-order valence-corrected chi connectivity index (χ0v) is 19.7. The normalized spacial score (nSPS) is 14.7. The number of carbonyl (C=O) groups excluding carboxylic acids is 1. The summed E-state index contributed by atoms with van der Waals surface area (Å²) in [6.45, 7) is 3.95. The van der Waals surface area contributed by atoms with Crippen LogP contribution in [0.5, 0.6) is 17.2 Å². The van der Waals surface area contributed by atoms with Crippen LogP contribution >= 0.6 is 0 Å². The highest BCUT2D eigenvalue weighted by Crippen LogP contribution is 2.39. The van der Waals surface area contributed by atoms with Gasteiger partial charge in [0, 0.05) is 0 Å². The largest absolute Gasteiger partial charge is 0.507 e. The number of hydrogen-bond donors (Lipinski definition) is 2. The first-order valence-electron chi connectivity index (χ1n) is 11.9. The molecule has 3 aromatic rings. The number of rotatable bonds is 7. The Morgan fingerprint density at radius 3 is 2.42 bits per heavy atom. The van der Waals surface area contributed by atoms with E-state index in [1.807, 2.05) is 6.92 Å². The van der Waals surface area contributed by atoms with Gasteiger partial charge in [0.25, 0.3) is 5.76 Å². The second-order valence-corrected chi connectivity index (χ2v) is 8.78. The molecule has 1 aliphatic rings. The number of esters is 1. The lowest BCUT2D eigenvalue weighted by Crippen LogP contribution is -3.11. The Bertz CT molecular complexity index is 1290. The summed E-state index contributed by atoms with van der Waals surface area (Å²) < 4.78 is 57.7. The minimum atomic E-state index is -5.03. The molecule has 1 aromatic heterocycles. The van der Waals surface area contributed by atoms with E-state index in [-0.39, 0.29) is 46.7 Å². The van der Waals surface area contributed by atoms with Gasteiger partial charge >= 0.3 is 12.1 Å². The molecule has 2 aromatic carbocycles. The number of fused-ring (bicyclic) bond motifs is 1. The molecule has 0 amide bonds. The first-order chi connectivity index (χ1) is 17.2. The summed E-state index contributed by atoms with van der Waals surface area (Å²) in [4.78, 5) is 26.3. The number of nitrogens with one attached hydrogen (secondary N) is 1. The molecule has 7 nitrogen and oxygen atoms in total. The summed E-state index contributed by atoms with van der Waals surface area (Å²) >= 11 is 0. The lowest BCUT2D eigenvalue weighted by atomic mass is 10.1. The van der Waals surface area contributed by atoms with Crippen molar-refractivity contribution in [3.05, 3.63) is 63.5 Å². The van der Waals surface area contributed by atoms with Crippen LogP contribution < -0.4 is 15.1 Å². The summed E-state index contributed by atoms with van der Waals surface area (Å²) in [5.41, 5.74) is -0.956. The van der Waals surface area contributed by atoms with Crippen LogP contribution in [-0.2, 0) is 17.5 Å². The number of phenolic OH excluding ortho intramolecular Hbond substituents is 1. The average Bonchev–Trinajstić information content (AvgIpc) is 2.86. The number of phenols is 1. The molecular formula is C26H27F3NO6+. The van der Waals surface area contributed by atoms with E-state index >= 15 is 0 Å². The Balaban J connectivity index is 1.74. The maximum Gasteiger partial charge on any atom is 0.453 e. The van der Waals surface area contributed by atoms with Crippen molar-refractivity contribution >= 4 is 16.9 Å². The monoisotopic (exact) mass is 506 g/mol. The molecule has 0 unspecified atom stereocenters. The Hall–Kier alpha value is -3.53. The molecule has 4 rings (SSSR count). The Kier molecular flexibility index (Phi) is 7.53. The SMILES string of the molecule is CCCOC(=O)c1ccc(Oc2c(C(F)(F)F)oc3c(C[NH+]4CCCCC4)c(O)ccc3c2=O)cc1. The quantitative estimate of drug-likeness (QED) is 0.461. The van der Waals surface area contributed by atoms with E-state index in [9.17, 15) is 27.9 Å². The third kappa shape index (κ3) is 5.48. The first kappa shape index (κ1) is 25.6. The van der Waals surface area contributed by atoms with E-state index in [0.29, 0.717) is 6.42 Å². The third-order valence-corrected chi connectivity index (χ3v) is 6.09. The Morgan fingerprint density at radius 2 is 1.78 bits per heavy atom. The lowest BCUT2D eigenvalue weighted by molar-refractivity contribution is -0.918. The van der Waals surface area contributed by atoms with Crippen molar-refractivity contribution in [3.8, 4) is 17.2 Å². The van der Waals surface area contributed by atoms with Gasteiger partial charge in [0.05, 0.1) is 36.2 Å². The van der Waals surface area contributed by atoms with Crippen molar-refractivity contribution in [1.82, 2.24) is 0 Å². The van der Waals surface area contributed by atoms with Crippen molar-refractivity contribution in [3.63, 3.8) is 0 Å². The number of aromatic hydroxyl groups is 1. The Morgan fingerprint density at radius 1 is 1.08 bits per heavy atom. The molecule has 1 fully saturated rings. The topological polar surface area (TPSA) is 90.4 Å². The molecule has 1 aliphatic heterocycles. The molecule has 0 saturated carbocycles. The molecule has 192 valence electrons. The Labute approximate surface area is 205 Å². The highest BCUT2D eigenvalue weighted by molar-refractivity contribution is 5.89. The van der Waals surface area contributed by atoms with Gasteiger partial charge in [-0.05, 0) is 62.1 Å². The number of carbonyl (C=O) groups is 1. The number of halogens is 3. The minimum absolute atomic E-state index is 0.0871. The molecule has 0 spiro atoms. The van der Waals surface area contributed by atoms with Crippen LogP contribution in [0.25, 0.3) is 11.0 Å². The van der Waals surface area contributed by atoms with Gasteiger partial charge in [-0.25, -0.2) is 4.79 Å². The zero-order chi connectivity index (χ0) is 25.9. The molecule has 0 atom stereocenters. The molecule has 1 saturated heterocycles. The minimum Gasteiger partial charge on any atom is -0.507 e. The maximum atomic E-state index is 14.0. The molecule has 2 N–H and O–H groups in total. The predicted octanol–water partition coefficient (Wildman–Crippen LogP) is 4.45. The van der Waals surface area contributed by atoms with Gasteiger partial charge in [-0.15, -0.1) is 0 Å². The van der Waals surface area contributed by atoms with E-state index in [1.165, 1.54) is 36.4 Å². The number of likely N-dealkylation sites (tertiary alicyclic amines) is 1. The van der Waals surface area contributed by atoms with E-state index in [0.717, 1.165) is 37.3 Å². The second-order valence-electron chi connectivity index (χ2n) is 8.78. The van der Waals surface area contributed by atoms with Crippen LogP contribution in [0, 0.1) is 0 Å². The van der Waals surface area contributed by atoms with Gasteiger partial charge in [0.1, 0.15) is 18.0 Å². The molecule has 0 bridgehead atoms. The van der Waals surface area contributed by atoms with Crippen LogP contribution in [0.3, 0.4) is 0 Å². The number of ether oxygens (including phenoxy) is 2. The van der Waals surface area contributed by atoms with Crippen molar-refractivity contribution in [2.75, 3.05) is 19.7 Å². The summed E-state index contributed by atoms with van der Waals surface area (Å²) in [6.07, 6.45) is -1.35. The lowest BCUT2D eigenvalue weighted by Gasteiger charge is -2.24. The highest BCUT2D eigenvalue weighted by atomic mass is 19.4. The van der Waals surface area contributed by atoms with E-state index in [2.05, 4.69) is 0 Å². The average molecular weight is 506 g/mol. The summed E-state index contributed by atoms with van der Waals surface area (Å²) in [5, 5.41) is 10.3. The summed E-state index contributed by atoms with van der Waals surface area (Å²) in [7, 11) is 0. The first-order valence-corrected chi connectivity index (χ1v) is 11.9. The van der Waals surface area contributed by atoms with Crippen molar-refractivity contribution < 1.29 is 41.9 Å². The van der Waals surface area contributed by atoms with Crippen molar-refractivity contribution in [1.29, 1.82) is 0 Å². The number of benzene rings is 2. The summed E-state index contributed by atoms with van der Waals surface area (Å²) in [5.74, 6) is -3.50. The van der Waals surface area contributed by atoms with Crippen LogP contribution in [0.15, 0.2) is 45.6 Å². The highest BCUT2D eigenvalue weighted by Gasteiger charge is 2.41. The predicted molar refractivity (Wildman–Crippen MR) is 124 cm³/mol. The number of alkyl halides is 3. The fraction of sp³-hybridized carbons (Fsp3) is 0.385. The van der Waals surface area contributed by atoms with Gasteiger partial charge in [0.2, 0.25) is 11.2 Å². The second kappa shape index (κ2) is 10.6. The molecule has 2 heterocycles. The number of quaternary nitrogens is 1. The van der Waals surface area contributed by atoms with Crippen LogP contribution in [-0.4, -0.2) is 30.8 Å². The smallest absolute Gasteiger partial charge is 0.453 e. The van der Waals surface area contributed by atoms with Crippen LogP contribution in [0.1, 0.15) is 54.3 Å². The number of hydrogen-bond acceptors (Lipinski definition) is 6. The standard InChI is InChI=1S/C26H26F3NO6/c1-2-14-34-25(33)16-6-8-17(9-7-16)35-23-21(32)18-10-11-20(31)19(15-30-12-4-3-5-13-30)22(18)36-24(23)26(27,28)29/h6-11,31H,2-5,12-15H2,1H3/p+1. The van der Waals surface area contributed by atoms with Crippen LogP contribution in [0.2, 0.25) is 0 Å². The summed E-state index contributed by atoms with van der Waals surface area (Å²) in [6, 6.07) is 7.72. The van der Waals surface area contributed by atoms with E-state index in [4.69, 9.17) is 13.9 Å². The van der Waals surface area contributed by atoms with Gasteiger partial charge in [-0.1, -0.05) is 6.92 Å². The maximum absolute atomic E-state index is 14.0. The molecule has 0 radical (unpaired) electrons. The number of piperidine rings is 1. The fourth-order valence-corrected chi connectivity index (χ4v) is 4.27. The van der Waals surface area contributed by atoms with Gasteiger partial charge in [0.15, 0.2) is 5.58 Å². The van der Waals surface area contributed by atoms with Crippen LogP contribution in [0.4, 0.5) is 13.2 Å². The third-order valence-electron chi connectivity index (χ3n) is 6.09. The zero-order valence-electron chi connectivity index (χ0n) is 19.7. The van der Waals surface area contributed by atoms with E-state index in [1.54, 1.807) is 0 Å². The fourth-order valence-electron chi connectivity index (χ4n) is 4.27. The van der Waals surface area contributed by atoms with Gasteiger partial charge in [-0.3, -0.25) is 4.79 Å². The van der Waals surface area contributed by atoms with Gasteiger partial charge < -0.3 is 23.9 Å². The van der Waals surface area contributed by atoms with Gasteiger partial charge in [-0.2, -0.15) is 13.2 Å².